The molecule has 0 saturated heterocycles. The molecule has 0 aliphatic rings. The number of carbonyl (C=O) groups excluding carboxylic acids is 1. The van der Waals surface area contributed by atoms with Gasteiger partial charge in [-0.2, -0.15) is 0 Å². The van der Waals surface area contributed by atoms with Crippen LogP contribution in [0.4, 0.5) is 0 Å². The lowest BCUT2D eigenvalue weighted by Crippen LogP contribution is -2.01. The van der Waals surface area contributed by atoms with E-state index >= 15 is 0 Å². The third-order valence-corrected chi connectivity index (χ3v) is 2.10. The molecular formula is C12H19NO3. The van der Waals surface area contributed by atoms with Crippen molar-refractivity contribution in [3.63, 3.8) is 0 Å². The van der Waals surface area contributed by atoms with Gasteiger partial charge < -0.3 is 9.94 Å². The second kappa shape index (κ2) is 8.71. The highest BCUT2D eigenvalue weighted by molar-refractivity contribution is 5.98. The number of ether oxygens (including phenoxy) is 1. The average Bonchev–Trinajstić information content (AvgIpc) is 2.32. The van der Waals surface area contributed by atoms with Gasteiger partial charge in [-0.15, -0.1) is 0 Å². The van der Waals surface area contributed by atoms with Crippen molar-refractivity contribution in [1.82, 2.24) is 0 Å². The number of hydrogen-bond donors (Lipinski definition) is 1. The minimum Gasteiger partial charge on any atom is -0.469 e. The Balaban J connectivity index is 4.54. The summed E-state index contributed by atoms with van der Waals surface area (Å²) in [5.74, 6) is -0.303. The first-order valence-corrected chi connectivity index (χ1v) is 5.25. The number of nitrogens with zero attached hydrogens (tertiary/aromatic N) is 1. The zero-order chi connectivity index (χ0) is 12.4. The summed E-state index contributed by atoms with van der Waals surface area (Å²) in [6, 6.07) is 0. The molecule has 0 saturated carbocycles. The zero-order valence-corrected chi connectivity index (χ0v) is 10.1. The van der Waals surface area contributed by atoms with Crippen LogP contribution >= 0.6 is 0 Å². The molecule has 0 spiro atoms. The van der Waals surface area contributed by atoms with Crippen LogP contribution in [0.25, 0.3) is 0 Å². The molecule has 16 heavy (non-hydrogen) atoms. The summed E-state index contributed by atoms with van der Waals surface area (Å²) in [6.45, 7) is 3.74. The molecule has 0 atom stereocenters. The molecule has 0 fully saturated rings. The van der Waals surface area contributed by atoms with Gasteiger partial charge in [-0.3, -0.25) is 4.79 Å². The van der Waals surface area contributed by atoms with Crippen LogP contribution in [-0.2, 0) is 9.53 Å². The van der Waals surface area contributed by atoms with Gasteiger partial charge in [0.25, 0.3) is 0 Å². The van der Waals surface area contributed by atoms with Gasteiger partial charge in [0.05, 0.1) is 19.2 Å². The van der Waals surface area contributed by atoms with Gasteiger partial charge in [0, 0.05) is 0 Å². The van der Waals surface area contributed by atoms with Gasteiger partial charge in [-0.1, -0.05) is 30.3 Å². The average molecular weight is 225 g/mol. The minimum absolute atomic E-state index is 0.193. The number of rotatable bonds is 6. The lowest BCUT2D eigenvalue weighted by molar-refractivity contribution is -0.139. The molecule has 1 N–H and O–H groups in total. The van der Waals surface area contributed by atoms with Gasteiger partial charge >= 0.3 is 5.97 Å². The van der Waals surface area contributed by atoms with Crippen LogP contribution in [0.5, 0.6) is 0 Å². The summed E-state index contributed by atoms with van der Waals surface area (Å²) in [5.41, 5.74) is 1.35. The second-order valence-electron chi connectivity index (χ2n) is 3.28. The molecule has 4 heteroatoms. The number of esters is 1. The molecule has 4 nitrogen and oxygen atoms in total. The smallest absolute Gasteiger partial charge is 0.309 e. The van der Waals surface area contributed by atoms with E-state index < -0.39 is 0 Å². The number of hydrogen-bond acceptors (Lipinski definition) is 4. The molecule has 0 aromatic carbocycles. The third-order valence-electron chi connectivity index (χ3n) is 2.10. The second-order valence-corrected chi connectivity index (χ2v) is 3.28. The third kappa shape index (κ3) is 6.01. The van der Waals surface area contributed by atoms with Gasteiger partial charge in [0.2, 0.25) is 0 Å². The summed E-state index contributed by atoms with van der Waals surface area (Å²) in [6.07, 6.45) is 7.54. The molecule has 0 radical (unpaired) electrons. The normalized spacial score (nSPS) is 13.2. The molecule has 0 unspecified atom stereocenters. The van der Waals surface area contributed by atoms with Crippen LogP contribution in [0, 0.1) is 0 Å². The Morgan fingerprint density at radius 3 is 2.56 bits per heavy atom. The first kappa shape index (κ1) is 14.4. The van der Waals surface area contributed by atoms with Gasteiger partial charge in [0.15, 0.2) is 0 Å². The summed E-state index contributed by atoms with van der Waals surface area (Å²) in [4.78, 5) is 11.0. The lowest BCUT2D eigenvalue weighted by atomic mass is 10.1. The maximum atomic E-state index is 11.0. The van der Waals surface area contributed by atoms with E-state index in [0.717, 1.165) is 12.0 Å². The van der Waals surface area contributed by atoms with E-state index in [0.29, 0.717) is 12.1 Å². The Morgan fingerprint density at radius 2 is 2.06 bits per heavy atom. The van der Waals surface area contributed by atoms with E-state index in [2.05, 4.69) is 9.89 Å². The van der Waals surface area contributed by atoms with Gasteiger partial charge in [0.1, 0.15) is 0 Å². The van der Waals surface area contributed by atoms with E-state index in [1.807, 2.05) is 19.1 Å². The van der Waals surface area contributed by atoms with Crippen molar-refractivity contribution in [2.45, 2.75) is 33.1 Å². The van der Waals surface area contributed by atoms with Crippen LogP contribution in [0.15, 0.2) is 29.0 Å². The molecule has 0 heterocycles. The highest BCUT2D eigenvalue weighted by Crippen LogP contribution is 2.08. The van der Waals surface area contributed by atoms with E-state index in [1.54, 1.807) is 13.0 Å². The van der Waals surface area contributed by atoms with E-state index in [9.17, 15) is 4.79 Å². The van der Waals surface area contributed by atoms with E-state index in [4.69, 9.17) is 5.21 Å². The van der Waals surface area contributed by atoms with Crippen LogP contribution in [-0.4, -0.2) is 24.0 Å². The number of methoxy groups -OCH3 is 1. The Hall–Kier alpha value is -1.58. The van der Waals surface area contributed by atoms with Crippen molar-refractivity contribution in [2.75, 3.05) is 7.11 Å². The maximum absolute atomic E-state index is 11.0. The molecule has 90 valence electrons. The van der Waals surface area contributed by atoms with Crippen molar-refractivity contribution in [2.24, 2.45) is 5.16 Å². The summed E-state index contributed by atoms with van der Waals surface area (Å²) in [7, 11) is 1.35. The molecule has 0 bridgehead atoms. The SMILES string of the molecule is CCC=CC/C(=C/CC(=O)OC)C(C)=NO. The molecule has 0 aromatic rings. The van der Waals surface area contributed by atoms with Crippen molar-refractivity contribution < 1.29 is 14.7 Å². The zero-order valence-electron chi connectivity index (χ0n) is 10.1. The van der Waals surface area contributed by atoms with Crippen LogP contribution in [0.2, 0.25) is 0 Å². The molecular weight excluding hydrogens is 206 g/mol. The summed E-state index contributed by atoms with van der Waals surface area (Å²) in [5, 5.41) is 11.8. The minimum atomic E-state index is -0.303. The van der Waals surface area contributed by atoms with Crippen LogP contribution in [0.3, 0.4) is 0 Å². The quantitative estimate of drug-likeness (QED) is 0.248. The fourth-order valence-electron chi connectivity index (χ4n) is 1.11. The lowest BCUT2D eigenvalue weighted by Gasteiger charge is -2.02. The molecule has 0 rings (SSSR count). The van der Waals surface area contributed by atoms with Crippen molar-refractivity contribution in [3.8, 4) is 0 Å². The molecule has 0 amide bonds. The predicted octanol–water partition coefficient (Wildman–Crippen LogP) is 2.68. The Labute approximate surface area is 96.3 Å². The highest BCUT2D eigenvalue weighted by atomic mass is 16.5. The number of carbonyl (C=O) groups is 1. The van der Waals surface area contributed by atoms with Crippen molar-refractivity contribution in [1.29, 1.82) is 0 Å². The Bertz CT molecular complexity index is 303. The maximum Gasteiger partial charge on any atom is 0.309 e. The Kier molecular flexibility index (Phi) is 7.85. The van der Waals surface area contributed by atoms with Crippen LogP contribution < -0.4 is 0 Å². The molecule has 0 aromatic heterocycles. The summed E-state index contributed by atoms with van der Waals surface area (Å²) < 4.78 is 4.54. The van der Waals surface area contributed by atoms with E-state index in [1.165, 1.54) is 7.11 Å². The standard InChI is InChI=1S/C12H19NO3/c1-4-5-6-7-11(10(2)13-15)8-9-12(14)16-3/h5-6,8,15H,4,7,9H2,1-3H3/b6-5?,11-8-,13-10?. The number of allylic oxidation sites excluding steroid dienone is 3. The van der Waals surface area contributed by atoms with Gasteiger partial charge in [-0.05, 0) is 25.3 Å². The van der Waals surface area contributed by atoms with Crippen molar-refractivity contribution >= 4 is 11.7 Å². The van der Waals surface area contributed by atoms with E-state index in [-0.39, 0.29) is 12.4 Å². The van der Waals surface area contributed by atoms with Crippen LogP contribution in [0.1, 0.15) is 33.1 Å². The first-order chi connectivity index (χ1) is 7.65. The first-order valence-electron chi connectivity index (χ1n) is 5.25. The molecule has 0 aliphatic heterocycles. The monoisotopic (exact) mass is 225 g/mol. The van der Waals surface area contributed by atoms with Gasteiger partial charge in [-0.25, -0.2) is 0 Å². The Morgan fingerprint density at radius 1 is 1.38 bits per heavy atom. The fourth-order valence-corrected chi connectivity index (χ4v) is 1.11. The van der Waals surface area contributed by atoms with Crippen molar-refractivity contribution in [3.05, 3.63) is 23.8 Å². The highest BCUT2D eigenvalue weighted by Gasteiger charge is 2.03. The predicted molar refractivity (Wildman–Crippen MR) is 63.7 cm³/mol. The fraction of sp³-hybridized carbons (Fsp3) is 0.500. The largest absolute Gasteiger partial charge is 0.469 e. The number of oxime groups is 1. The summed E-state index contributed by atoms with van der Waals surface area (Å²) >= 11 is 0. The topological polar surface area (TPSA) is 58.9 Å². The molecule has 0 aliphatic carbocycles.